The van der Waals surface area contributed by atoms with E-state index >= 15 is 0 Å². The van der Waals surface area contributed by atoms with Crippen LogP contribution in [-0.2, 0) is 12.8 Å². The number of phenols is 1. The minimum Gasteiger partial charge on any atom is -0.508 e. The number of guanidine groups is 4. The van der Waals surface area contributed by atoms with Gasteiger partial charge in [0.2, 0.25) is 0 Å². The SMILES string of the molecule is CC(C)C[C@@H](CN=C(N)N[C@H](CN=C(N)N[C@H](CN=[N+]=[N-])Cc1ccccc1)CC(C)C)NC(N)=NC[C@H](Cc1ccc(O)cc1)NC(N)=NCCN. The Kier molecular flexibility index (Phi) is 20.4. The minimum absolute atomic E-state index is 0.120. The van der Waals surface area contributed by atoms with Crippen molar-refractivity contribution in [3.63, 3.8) is 0 Å². The third kappa shape index (κ3) is 20.3. The van der Waals surface area contributed by atoms with Crippen LogP contribution in [0.2, 0.25) is 0 Å². The Morgan fingerprint density at radius 2 is 1.04 bits per heavy atom. The van der Waals surface area contributed by atoms with Gasteiger partial charge in [-0.25, -0.2) is 0 Å². The minimum atomic E-state index is -0.214. The smallest absolute Gasteiger partial charge is 0.188 e. The zero-order chi connectivity index (χ0) is 39.0. The molecule has 2 aromatic rings. The lowest BCUT2D eigenvalue weighted by Gasteiger charge is -2.23. The molecule has 53 heavy (non-hydrogen) atoms. The van der Waals surface area contributed by atoms with E-state index in [1.807, 2.05) is 42.5 Å². The number of rotatable bonds is 22. The molecule has 0 spiro atoms. The fourth-order valence-corrected chi connectivity index (χ4v) is 5.60. The number of hydrogen-bond donors (Lipinski definition) is 10. The summed E-state index contributed by atoms with van der Waals surface area (Å²) in [4.78, 5) is 21.0. The van der Waals surface area contributed by atoms with E-state index in [1.54, 1.807) is 12.1 Å². The van der Waals surface area contributed by atoms with E-state index in [-0.39, 0.29) is 54.3 Å². The Balaban J connectivity index is 2.08. The molecule has 17 nitrogen and oxygen atoms in total. The summed E-state index contributed by atoms with van der Waals surface area (Å²) in [6.07, 6.45) is 2.77. The number of azide groups is 1. The molecule has 292 valence electrons. The predicted octanol–water partition coefficient (Wildman–Crippen LogP) is 1.63. The largest absolute Gasteiger partial charge is 0.508 e. The molecule has 0 fully saturated rings. The average Bonchev–Trinajstić information content (AvgIpc) is 3.11. The molecular weight excluding hydrogens is 673 g/mol. The number of nitrogens with zero attached hydrogens (tertiary/aromatic N) is 7. The number of aromatic hydroxyl groups is 1. The predicted molar refractivity (Wildman–Crippen MR) is 218 cm³/mol. The Hall–Kier alpha value is -5.41. The first kappa shape index (κ1) is 43.8. The van der Waals surface area contributed by atoms with E-state index in [2.05, 4.69) is 79.0 Å². The lowest BCUT2D eigenvalue weighted by Crippen LogP contribution is -2.47. The molecule has 17 heteroatoms. The number of nitrogens with two attached hydrogens (primary N) is 5. The van der Waals surface area contributed by atoms with Gasteiger partial charge in [0.15, 0.2) is 23.8 Å². The number of phenolic OH excluding ortho intramolecular Hbond substituents is 1. The van der Waals surface area contributed by atoms with Crippen LogP contribution in [0.3, 0.4) is 0 Å². The zero-order valence-electron chi connectivity index (χ0n) is 31.7. The van der Waals surface area contributed by atoms with Crippen molar-refractivity contribution < 1.29 is 5.11 Å². The first-order chi connectivity index (χ1) is 25.4. The Bertz CT molecular complexity index is 1490. The summed E-state index contributed by atoms with van der Waals surface area (Å²) in [7, 11) is 0. The molecule has 15 N–H and O–H groups in total. The second-order valence-corrected chi connectivity index (χ2v) is 13.8. The summed E-state index contributed by atoms with van der Waals surface area (Å²) in [6.45, 7) is 10.6. The fraction of sp³-hybridized carbons (Fsp3) is 0.556. The molecule has 0 aliphatic heterocycles. The molecule has 0 aliphatic carbocycles. The number of benzene rings is 2. The normalized spacial score (nSPS) is 15.0. The van der Waals surface area contributed by atoms with Crippen LogP contribution in [-0.4, -0.2) is 92.4 Å². The first-order valence-corrected chi connectivity index (χ1v) is 18.1. The van der Waals surface area contributed by atoms with Crippen molar-refractivity contribution in [1.29, 1.82) is 0 Å². The average molecular weight is 735 g/mol. The van der Waals surface area contributed by atoms with Crippen molar-refractivity contribution in [3.05, 3.63) is 76.2 Å². The molecule has 0 unspecified atom stereocenters. The summed E-state index contributed by atoms with van der Waals surface area (Å²) < 4.78 is 0. The van der Waals surface area contributed by atoms with E-state index < -0.39 is 0 Å². The molecule has 0 saturated heterocycles. The highest BCUT2D eigenvalue weighted by Gasteiger charge is 2.17. The van der Waals surface area contributed by atoms with Crippen LogP contribution >= 0.6 is 0 Å². The van der Waals surface area contributed by atoms with Crippen LogP contribution in [0.15, 0.2) is 79.7 Å². The van der Waals surface area contributed by atoms with Gasteiger partial charge in [0.1, 0.15) is 5.75 Å². The van der Waals surface area contributed by atoms with Gasteiger partial charge in [0, 0.05) is 36.1 Å². The van der Waals surface area contributed by atoms with Gasteiger partial charge < -0.3 is 55.0 Å². The molecule has 0 amide bonds. The quantitative estimate of drug-likeness (QED) is 0.0274. The Morgan fingerprint density at radius 1 is 0.623 bits per heavy atom. The van der Waals surface area contributed by atoms with Crippen LogP contribution in [0.1, 0.15) is 51.7 Å². The van der Waals surface area contributed by atoms with Gasteiger partial charge in [-0.2, -0.15) is 0 Å². The summed E-state index contributed by atoms with van der Waals surface area (Å²) in [5, 5.41) is 26.5. The highest BCUT2D eigenvalue weighted by Crippen LogP contribution is 2.12. The molecule has 4 atom stereocenters. The van der Waals surface area contributed by atoms with Crippen LogP contribution in [0.5, 0.6) is 5.75 Å². The molecule has 2 rings (SSSR count). The summed E-state index contributed by atoms with van der Waals surface area (Å²) in [6, 6.07) is 16.2. The number of nitrogens with one attached hydrogen (secondary N) is 4. The molecule has 0 bridgehead atoms. The van der Waals surface area contributed by atoms with E-state index in [9.17, 15) is 5.11 Å². The molecule has 2 aromatic carbocycles. The second-order valence-electron chi connectivity index (χ2n) is 13.8. The topological polar surface area (TPSA) is 297 Å². The molecular formula is C36H62N16O. The molecule has 0 saturated carbocycles. The van der Waals surface area contributed by atoms with Gasteiger partial charge in [-0.05, 0) is 66.3 Å². The standard InChI is InChI=1S/C36H62N16O/c1-24(2)16-28(49-35(40)46-22-30(50-33(38)43-15-14-37)19-27-10-12-32(53)13-11-27)20-44-34(39)48-29(17-25(3)4)21-45-36(41)51-31(23-47-52-42)18-26-8-6-5-7-9-26/h5-13,24-25,28-31,53H,14-23,37H2,1-4H3,(H3,38,43,50)(H3,39,44,48)(H3,40,46,49)(H3,41,45,51)/t28-,29-,30-,31-/m0/s1. The second kappa shape index (κ2) is 24.7. The van der Waals surface area contributed by atoms with Gasteiger partial charge in [-0.1, -0.05) is 75.3 Å². The van der Waals surface area contributed by atoms with E-state index in [4.69, 9.17) is 34.2 Å². The first-order valence-electron chi connectivity index (χ1n) is 18.1. The summed E-state index contributed by atoms with van der Waals surface area (Å²) >= 11 is 0. The van der Waals surface area contributed by atoms with Gasteiger partial charge in [0.25, 0.3) is 0 Å². The maximum atomic E-state index is 9.68. The van der Waals surface area contributed by atoms with Gasteiger partial charge in [-0.15, -0.1) is 0 Å². The van der Waals surface area contributed by atoms with Gasteiger partial charge in [0.05, 0.1) is 32.2 Å². The number of aliphatic imine (C=N–C) groups is 4. The van der Waals surface area contributed by atoms with Crippen LogP contribution < -0.4 is 49.9 Å². The molecule has 0 aliphatic rings. The van der Waals surface area contributed by atoms with E-state index in [1.165, 1.54) is 0 Å². The summed E-state index contributed by atoms with van der Waals surface area (Å²) in [5.41, 5.74) is 41.7. The Morgan fingerprint density at radius 3 is 1.49 bits per heavy atom. The monoisotopic (exact) mass is 735 g/mol. The van der Waals surface area contributed by atoms with Crippen molar-refractivity contribution in [2.45, 2.75) is 77.5 Å². The van der Waals surface area contributed by atoms with Crippen LogP contribution in [0.25, 0.3) is 10.4 Å². The van der Waals surface area contributed by atoms with Gasteiger partial charge >= 0.3 is 0 Å². The molecule has 0 radical (unpaired) electrons. The van der Waals surface area contributed by atoms with E-state index in [0.717, 1.165) is 24.0 Å². The zero-order valence-corrected chi connectivity index (χ0v) is 31.7. The highest BCUT2D eigenvalue weighted by atomic mass is 16.3. The third-order valence-corrected chi connectivity index (χ3v) is 7.89. The lowest BCUT2D eigenvalue weighted by atomic mass is 10.0. The van der Waals surface area contributed by atoms with E-state index in [0.29, 0.717) is 63.4 Å². The van der Waals surface area contributed by atoms with Crippen LogP contribution in [0, 0.1) is 11.8 Å². The van der Waals surface area contributed by atoms with Crippen molar-refractivity contribution >= 4 is 23.8 Å². The van der Waals surface area contributed by atoms with Crippen molar-refractivity contribution in [3.8, 4) is 5.75 Å². The third-order valence-electron chi connectivity index (χ3n) is 7.89. The molecule has 0 heterocycles. The van der Waals surface area contributed by atoms with Crippen molar-refractivity contribution in [2.75, 3.05) is 39.3 Å². The van der Waals surface area contributed by atoms with Crippen molar-refractivity contribution in [1.82, 2.24) is 21.3 Å². The fourth-order valence-electron chi connectivity index (χ4n) is 5.60. The van der Waals surface area contributed by atoms with Crippen LogP contribution in [0.4, 0.5) is 0 Å². The van der Waals surface area contributed by atoms with Gasteiger partial charge in [-0.3, -0.25) is 20.0 Å². The summed E-state index contributed by atoms with van der Waals surface area (Å²) in [5.74, 6) is 2.00. The van der Waals surface area contributed by atoms with Crippen molar-refractivity contribution in [2.24, 2.45) is 65.6 Å². The maximum absolute atomic E-state index is 9.68. The lowest BCUT2D eigenvalue weighted by molar-refractivity contribution is 0.460. The number of hydrogen-bond acceptors (Lipinski definition) is 7. The highest BCUT2D eigenvalue weighted by molar-refractivity contribution is 5.80. The Labute approximate surface area is 314 Å². The molecule has 0 aromatic heterocycles. The maximum Gasteiger partial charge on any atom is 0.188 e.